The molecule has 7 nitrogen and oxygen atoms in total. The number of hydrogen-bond acceptors (Lipinski definition) is 6. The number of halogens is 3. The minimum absolute atomic E-state index is 0.0288. The maximum absolute atomic E-state index is 16.1. The third-order valence-corrected chi connectivity index (χ3v) is 11.2. The van der Waals surface area contributed by atoms with Crippen molar-refractivity contribution >= 4 is 34.8 Å². The SMILES string of the molecule is CC1(C)CCC2(CC1)N[C@@H](COCN[C@@H]1CC[C@@H](C(C)(C)O)OC1)[C@H](c1cccc(Cl)c1F)[C@]21C(=O)Nc2cc(Cl)ccc21. The van der Waals surface area contributed by atoms with Crippen molar-refractivity contribution in [2.75, 3.05) is 25.3 Å². The Hall–Kier alpha value is -1.78. The van der Waals surface area contributed by atoms with Gasteiger partial charge in [-0.1, -0.05) is 55.2 Å². The Bertz CT molecular complexity index is 1400. The van der Waals surface area contributed by atoms with Crippen molar-refractivity contribution in [1.82, 2.24) is 10.6 Å². The molecule has 0 aromatic heterocycles. The van der Waals surface area contributed by atoms with Gasteiger partial charge in [0, 0.05) is 34.3 Å². The second kappa shape index (κ2) is 11.8. The zero-order chi connectivity index (χ0) is 31.5. The lowest BCUT2D eigenvalue weighted by molar-refractivity contribution is -0.124. The van der Waals surface area contributed by atoms with Gasteiger partial charge in [0.15, 0.2) is 0 Å². The van der Waals surface area contributed by atoms with Crippen LogP contribution in [0.1, 0.15) is 83.3 Å². The molecule has 3 aliphatic heterocycles. The summed E-state index contributed by atoms with van der Waals surface area (Å²) < 4.78 is 28.2. The monoisotopic (exact) mass is 647 g/mol. The van der Waals surface area contributed by atoms with Crippen LogP contribution in [-0.2, 0) is 19.7 Å². The van der Waals surface area contributed by atoms with Crippen LogP contribution in [0.15, 0.2) is 36.4 Å². The standard InChI is InChI=1S/C34H44Cl2FN3O4/c1-31(2)12-14-33(15-13-31)34(23-10-8-20(35)16-25(23)39-30(34)41)28(22-6-5-7-24(36)29(22)37)26(40-33)18-43-19-38-21-9-11-27(44-17-21)32(3,4)42/h5-8,10,16,21,26-28,38,40,42H,9,11-15,17-19H2,1-4H3,(H,39,41)/t21-,26+,27+,28+,34-/m1/s1. The van der Waals surface area contributed by atoms with E-state index in [1.165, 1.54) is 0 Å². The number of anilines is 1. The summed E-state index contributed by atoms with van der Waals surface area (Å²) in [5, 5.41) is 21.3. The zero-order valence-electron chi connectivity index (χ0n) is 25.9. The van der Waals surface area contributed by atoms with Crippen LogP contribution in [0, 0.1) is 11.2 Å². The maximum Gasteiger partial charge on any atom is 0.237 e. The molecule has 4 N–H and O–H groups in total. The van der Waals surface area contributed by atoms with Gasteiger partial charge in [0.25, 0.3) is 0 Å². The van der Waals surface area contributed by atoms with Gasteiger partial charge in [0.2, 0.25) is 5.91 Å². The van der Waals surface area contributed by atoms with E-state index in [0.29, 0.717) is 22.9 Å². The summed E-state index contributed by atoms with van der Waals surface area (Å²) >= 11 is 12.8. The van der Waals surface area contributed by atoms with Crippen LogP contribution in [0.3, 0.4) is 0 Å². The highest BCUT2D eigenvalue weighted by molar-refractivity contribution is 6.31. The molecular formula is C34H44Cl2FN3O4. The van der Waals surface area contributed by atoms with E-state index >= 15 is 4.39 Å². The zero-order valence-corrected chi connectivity index (χ0v) is 27.5. The molecule has 1 saturated carbocycles. The first-order chi connectivity index (χ1) is 20.8. The minimum Gasteiger partial charge on any atom is -0.388 e. The van der Waals surface area contributed by atoms with Gasteiger partial charge in [-0.05, 0) is 87.1 Å². The van der Waals surface area contributed by atoms with Gasteiger partial charge in [-0.3, -0.25) is 10.1 Å². The molecule has 6 rings (SSSR count). The molecule has 3 fully saturated rings. The van der Waals surface area contributed by atoms with Crippen molar-refractivity contribution in [3.63, 3.8) is 0 Å². The fourth-order valence-corrected chi connectivity index (χ4v) is 8.67. The number of carbonyl (C=O) groups is 1. The summed E-state index contributed by atoms with van der Waals surface area (Å²) in [6.45, 7) is 9.09. The molecule has 4 aliphatic rings. The molecule has 0 unspecified atom stereocenters. The summed E-state index contributed by atoms with van der Waals surface area (Å²) in [7, 11) is 0. The molecule has 0 radical (unpaired) electrons. The van der Waals surface area contributed by atoms with Gasteiger partial charge in [-0.15, -0.1) is 0 Å². The first kappa shape index (κ1) is 32.2. The second-order valence-electron chi connectivity index (χ2n) is 14.5. The summed E-state index contributed by atoms with van der Waals surface area (Å²) in [6, 6.07) is 10.3. The Kier molecular flexibility index (Phi) is 8.62. The molecule has 2 spiro atoms. The number of rotatable bonds is 7. The molecular weight excluding hydrogens is 604 g/mol. The number of ether oxygens (including phenoxy) is 2. The molecule has 2 aromatic rings. The lowest BCUT2D eigenvalue weighted by Crippen LogP contribution is -2.61. The molecule has 1 amide bonds. The summed E-state index contributed by atoms with van der Waals surface area (Å²) in [5.74, 6) is -1.24. The average Bonchev–Trinajstić information content (AvgIpc) is 3.41. The Balaban J connectivity index is 1.33. The van der Waals surface area contributed by atoms with E-state index in [1.807, 2.05) is 12.1 Å². The van der Waals surface area contributed by atoms with E-state index in [1.54, 1.807) is 38.1 Å². The largest absolute Gasteiger partial charge is 0.388 e. The van der Waals surface area contributed by atoms with Crippen LogP contribution in [-0.4, -0.2) is 60.3 Å². The molecule has 3 heterocycles. The number of hydrogen-bond donors (Lipinski definition) is 4. The molecule has 2 aromatic carbocycles. The molecule has 1 aliphatic carbocycles. The van der Waals surface area contributed by atoms with Crippen LogP contribution < -0.4 is 16.0 Å². The smallest absolute Gasteiger partial charge is 0.237 e. The van der Waals surface area contributed by atoms with Crippen molar-refractivity contribution in [3.05, 3.63) is 63.4 Å². The Morgan fingerprint density at radius 3 is 2.57 bits per heavy atom. The van der Waals surface area contributed by atoms with E-state index in [2.05, 4.69) is 29.8 Å². The third-order valence-electron chi connectivity index (χ3n) is 10.7. The van der Waals surface area contributed by atoms with E-state index in [0.717, 1.165) is 44.1 Å². The van der Waals surface area contributed by atoms with Crippen molar-refractivity contribution < 1.29 is 23.8 Å². The highest BCUT2D eigenvalue weighted by atomic mass is 35.5. The van der Waals surface area contributed by atoms with Gasteiger partial charge >= 0.3 is 0 Å². The lowest BCUT2D eigenvalue weighted by atomic mass is 9.53. The van der Waals surface area contributed by atoms with Crippen molar-refractivity contribution in [2.45, 2.75) is 107 Å². The topological polar surface area (TPSA) is 91.8 Å². The fraction of sp³-hybridized carbons (Fsp3) is 0.618. The number of carbonyl (C=O) groups excluding carboxylic acids is 1. The van der Waals surface area contributed by atoms with Crippen molar-refractivity contribution in [1.29, 1.82) is 0 Å². The number of aliphatic hydroxyl groups is 1. The predicted molar refractivity (Wildman–Crippen MR) is 171 cm³/mol. The second-order valence-corrected chi connectivity index (χ2v) is 15.4. The highest BCUT2D eigenvalue weighted by Crippen LogP contribution is 2.64. The first-order valence-corrected chi connectivity index (χ1v) is 16.5. The van der Waals surface area contributed by atoms with Crippen LogP contribution in [0.5, 0.6) is 0 Å². The fourth-order valence-electron chi connectivity index (χ4n) is 8.32. The molecule has 44 heavy (non-hydrogen) atoms. The Morgan fingerprint density at radius 2 is 1.89 bits per heavy atom. The normalized spacial score (nSPS) is 31.0. The Labute approximate surface area is 269 Å². The third kappa shape index (κ3) is 5.48. The average molecular weight is 649 g/mol. The Morgan fingerprint density at radius 1 is 1.14 bits per heavy atom. The van der Waals surface area contributed by atoms with E-state index in [4.69, 9.17) is 32.7 Å². The number of amides is 1. The minimum atomic E-state index is -1.10. The van der Waals surface area contributed by atoms with Crippen molar-refractivity contribution in [2.24, 2.45) is 5.41 Å². The number of fused-ring (bicyclic) bond motifs is 3. The quantitative estimate of drug-likeness (QED) is 0.208. The number of nitrogens with one attached hydrogen (secondary N) is 3. The van der Waals surface area contributed by atoms with Gasteiger partial charge < -0.3 is 25.2 Å². The lowest BCUT2D eigenvalue weighted by Gasteiger charge is -2.50. The van der Waals surface area contributed by atoms with E-state index in [9.17, 15) is 9.90 Å². The predicted octanol–water partition coefficient (Wildman–Crippen LogP) is 6.30. The molecule has 240 valence electrons. The molecule has 5 atom stereocenters. The van der Waals surface area contributed by atoms with Gasteiger partial charge in [-0.2, -0.15) is 0 Å². The van der Waals surface area contributed by atoms with Crippen LogP contribution in [0.4, 0.5) is 10.1 Å². The summed E-state index contributed by atoms with van der Waals surface area (Å²) in [5.41, 5.74) is -0.555. The van der Waals surface area contributed by atoms with Gasteiger partial charge in [0.05, 0.1) is 36.7 Å². The van der Waals surface area contributed by atoms with Gasteiger partial charge in [-0.25, -0.2) is 4.39 Å². The first-order valence-electron chi connectivity index (χ1n) is 15.8. The van der Waals surface area contributed by atoms with Crippen molar-refractivity contribution in [3.8, 4) is 0 Å². The summed E-state index contributed by atoms with van der Waals surface area (Å²) in [6.07, 6.45) is 4.77. The number of benzene rings is 2. The molecule has 2 saturated heterocycles. The van der Waals surface area contributed by atoms with Gasteiger partial charge in [0.1, 0.15) is 11.2 Å². The van der Waals surface area contributed by atoms with E-state index < -0.39 is 28.3 Å². The van der Waals surface area contributed by atoms with Crippen LogP contribution in [0.25, 0.3) is 0 Å². The van der Waals surface area contributed by atoms with Crippen LogP contribution >= 0.6 is 23.2 Å². The molecule has 0 bridgehead atoms. The van der Waals surface area contributed by atoms with Crippen LogP contribution in [0.2, 0.25) is 10.0 Å². The maximum atomic E-state index is 16.1. The highest BCUT2D eigenvalue weighted by Gasteiger charge is 2.71. The van der Waals surface area contributed by atoms with E-state index in [-0.39, 0.29) is 47.9 Å². The summed E-state index contributed by atoms with van der Waals surface area (Å²) in [4.78, 5) is 14.5. The molecule has 10 heteroatoms.